The number of carbonyl (C=O) groups excluding carboxylic acids is 1. The number of aromatic nitrogens is 2. The molecule has 0 saturated carbocycles. The predicted molar refractivity (Wildman–Crippen MR) is 67.8 cm³/mol. The van der Waals surface area contributed by atoms with Gasteiger partial charge in [0, 0.05) is 18.7 Å². The molecule has 1 N–H and O–H groups in total. The lowest BCUT2D eigenvalue weighted by molar-refractivity contribution is -0.117. The molecule has 18 heavy (non-hydrogen) atoms. The second-order valence-electron chi connectivity index (χ2n) is 4.19. The zero-order valence-corrected chi connectivity index (χ0v) is 10.3. The van der Waals surface area contributed by atoms with Crippen molar-refractivity contribution in [3.8, 4) is 0 Å². The largest absolute Gasteiger partial charge is 0.414 e. The Morgan fingerprint density at radius 3 is 2.83 bits per heavy atom. The number of para-hydroxylation sites is 1. The quantitative estimate of drug-likeness (QED) is 0.842. The molecule has 0 aliphatic carbocycles. The predicted octanol–water partition coefficient (Wildman–Crippen LogP) is 2.25. The molecule has 1 amide bonds. The van der Waals surface area contributed by atoms with E-state index in [9.17, 15) is 4.79 Å². The summed E-state index contributed by atoms with van der Waals surface area (Å²) in [5.74, 6) is 0.549. The summed E-state index contributed by atoms with van der Waals surface area (Å²) in [6.07, 6.45) is 0.401. The van der Waals surface area contributed by atoms with Crippen LogP contribution in [0.3, 0.4) is 0 Å². The molecule has 0 radical (unpaired) electrons. The number of nitrogens with one attached hydrogen (secondary N) is 1. The summed E-state index contributed by atoms with van der Waals surface area (Å²) < 4.78 is 5.27. The van der Waals surface area contributed by atoms with Gasteiger partial charge in [0.2, 0.25) is 11.8 Å². The molecule has 1 fully saturated rings. The molecule has 0 spiro atoms. The van der Waals surface area contributed by atoms with E-state index in [4.69, 9.17) is 16.6 Å². The normalized spacial score (nSPS) is 19.4. The van der Waals surface area contributed by atoms with Gasteiger partial charge in [-0.1, -0.05) is 18.2 Å². The minimum Gasteiger partial charge on any atom is -0.414 e. The Hall–Kier alpha value is -1.95. The van der Waals surface area contributed by atoms with Gasteiger partial charge in [0.05, 0.1) is 5.92 Å². The van der Waals surface area contributed by atoms with Crippen molar-refractivity contribution in [2.45, 2.75) is 12.3 Å². The van der Waals surface area contributed by atoms with E-state index in [2.05, 4.69) is 10.2 Å². The molecule has 1 saturated heterocycles. The lowest BCUT2D eigenvalue weighted by Crippen LogP contribution is -2.24. The van der Waals surface area contributed by atoms with Crippen LogP contribution in [0.5, 0.6) is 0 Å². The fourth-order valence-electron chi connectivity index (χ4n) is 2.15. The number of amides is 1. The molecule has 1 aromatic heterocycles. The second-order valence-corrected chi connectivity index (χ2v) is 4.56. The number of anilines is 1. The van der Waals surface area contributed by atoms with E-state index >= 15 is 0 Å². The van der Waals surface area contributed by atoms with Crippen LogP contribution in [-0.2, 0) is 4.79 Å². The van der Waals surface area contributed by atoms with Gasteiger partial charge in [0.15, 0.2) is 0 Å². The molecule has 3 rings (SSSR count). The summed E-state index contributed by atoms with van der Waals surface area (Å²) in [5.41, 5.74) is 0.902. The first-order valence-corrected chi connectivity index (χ1v) is 6.05. The van der Waals surface area contributed by atoms with E-state index in [0.29, 0.717) is 18.9 Å². The number of rotatable bonds is 2. The van der Waals surface area contributed by atoms with Crippen molar-refractivity contribution in [1.82, 2.24) is 10.2 Å². The summed E-state index contributed by atoms with van der Waals surface area (Å²) in [5, 5.41) is 6.57. The summed E-state index contributed by atoms with van der Waals surface area (Å²) in [6.45, 7) is 0.575. The Morgan fingerprint density at radius 1 is 1.39 bits per heavy atom. The van der Waals surface area contributed by atoms with Crippen molar-refractivity contribution >= 4 is 23.8 Å². The summed E-state index contributed by atoms with van der Waals surface area (Å²) in [6, 6.07) is 9.58. The second kappa shape index (κ2) is 4.38. The van der Waals surface area contributed by atoms with Gasteiger partial charge in [0.1, 0.15) is 0 Å². The van der Waals surface area contributed by atoms with Crippen molar-refractivity contribution < 1.29 is 9.21 Å². The average Bonchev–Trinajstić information content (AvgIpc) is 2.97. The van der Waals surface area contributed by atoms with Crippen molar-refractivity contribution in [1.29, 1.82) is 0 Å². The number of aromatic amines is 1. The van der Waals surface area contributed by atoms with Gasteiger partial charge in [-0.2, -0.15) is 0 Å². The van der Waals surface area contributed by atoms with E-state index in [0.717, 1.165) is 5.69 Å². The molecule has 0 unspecified atom stereocenters. The van der Waals surface area contributed by atoms with E-state index in [1.807, 2.05) is 30.3 Å². The standard InChI is InChI=1S/C12H11N3O2S/c16-10-6-8(11-13-14-12(18)17-11)7-15(10)9-4-2-1-3-5-9/h1-5,8H,6-7H2,(H,14,18)/t8-/m1/s1. The van der Waals surface area contributed by atoms with Crippen LogP contribution in [0.1, 0.15) is 18.2 Å². The van der Waals surface area contributed by atoms with Gasteiger partial charge >= 0.3 is 0 Å². The number of benzene rings is 1. The minimum atomic E-state index is -0.0364. The van der Waals surface area contributed by atoms with Crippen LogP contribution < -0.4 is 4.90 Å². The first-order valence-electron chi connectivity index (χ1n) is 5.65. The number of nitrogens with zero attached hydrogens (tertiary/aromatic N) is 2. The lowest BCUT2D eigenvalue weighted by atomic mass is 10.1. The van der Waals surface area contributed by atoms with Crippen molar-refractivity contribution in [2.75, 3.05) is 11.4 Å². The van der Waals surface area contributed by atoms with Gasteiger partial charge in [-0.3, -0.25) is 4.79 Å². The highest BCUT2D eigenvalue weighted by atomic mass is 32.1. The summed E-state index contributed by atoms with van der Waals surface area (Å²) in [4.78, 5) is 14.0. The molecule has 1 atom stereocenters. The third kappa shape index (κ3) is 1.95. The van der Waals surface area contributed by atoms with Crippen LogP contribution in [-0.4, -0.2) is 22.6 Å². The van der Waals surface area contributed by atoms with Crippen LogP contribution in [0.4, 0.5) is 5.69 Å². The molecule has 92 valence electrons. The third-order valence-electron chi connectivity index (χ3n) is 3.00. The molecule has 1 aliphatic heterocycles. The molecule has 0 bridgehead atoms. The maximum atomic E-state index is 12.0. The molecule has 1 aliphatic rings. The van der Waals surface area contributed by atoms with Gasteiger partial charge in [-0.15, -0.1) is 5.10 Å². The van der Waals surface area contributed by atoms with E-state index < -0.39 is 0 Å². The fraction of sp³-hybridized carbons (Fsp3) is 0.250. The Bertz CT molecular complexity index is 620. The minimum absolute atomic E-state index is 0.0364. The highest BCUT2D eigenvalue weighted by Crippen LogP contribution is 2.30. The SMILES string of the molecule is O=C1C[C@@H](c2n[nH]c(=S)o2)CN1c1ccccc1. The van der Waals surface area contributed by atoms with Gasteiger partial charge in [0.25, 0.3) is 4.84 Å². The van der Waals surface area contributed by atoms with Crippen molar-refractivity contribution in [3.63, 3.8) is 0 Å². The monoisotopic (exact) mass is 261 g/mol. The van der Waals surface area contributed by atoms with Crippen molar-refractivity contribution in [2.24, 2.45) is 0 Å². The molecule has 1 aromatic carbocycles. The first kappa shape index (κ1) is 11.2. The number of carbonyl (C=O) groups is 1. The van der Waals surface area contributed by atoms with E-state index in [-0.39, 0.29) is 16.7 Å². The Kier molecular flexibility index (Phi) is 2.71. The molecular weight excluding hydrogens is 250 g/mol. The number of hydrogen-bond donors (Lipinski definition) is 1. The van der Waals surface area contributed by atoms with Gasteiger partial charge in [-0.05, 0) is 24.4 Å². The molecule has 2 heterocycles. The topological polar surface area (TPSA) is 62.1 Å². The Balaban J connectivity index is 1.85. The Labute approximate surface area is 108 Å². The molecule has 2 aromatic rings. The maximum Gasteiger partial charge on any atom is 0.284 e. The highest BCUT2D eigenvalue weighted by Gasteiger charge is 2.34. The molecule has 6 heteroatoms. The smallest absolute Gasteiger partial charge is 0.284 e. The van der Waals surface area contributed by atoms with Gasteiger partial charge in [-0.25, -0.2) is 5.10 Å². The average molecular weight is 261 g/mol. The van der Waals surface area contributed by atoms with Crippen LogP contribution in [0.15, 0.2) is 34.7 Å². The van der Waals surface area contributed by atoms with Crippen LogP contribution in [0, 0.1) is 4.84 Å². The number of hydrogen-bond acceptors (Lipinski definition) is 4. The maximum absolute atomic E-state index is 12.0. The van der Waals surface area contributed by atoms with Crippen LogP contribution in [0.2, 0.25) is 0 Å². The van der Waals surface area contributed by atoms with Crippen LogP contribution >= 0.6 is 12.2 Å². The van der Waals surface area contributed by atoms with Crippen molar-refractivity contribution in [3.05, 3.63) is 41.1 Å². The summed E-state index contributed by atoms with van der Waals surface area (Å²) >= 11 is 4.84. The summed E-state index contributed by atoms with van der Waals surface area (Å²) in [7, 11) is 0. The van der Waals surface area contributed by atoms with E-state index in [1.54, 1.807) is 4.90 Å². The zero-order valence-electron chi connectivity index (χ0n) is 9.50. The van der Waals surface area contributed by atoms with Gasteiger partial charge < -0.3 is 9.32 Å². The molecule has 5 nitrogen and oxygen atoms in total. The highest BCUT2D eigenvalue weighted by molar-refractivity contribution is 7.71. The lowest BCUT2D eigenvalue weighted by Gasteiger charge is -2.15. The van der Waals surface area contributed by atoms with Crippen LogP contribution in [0.25, 0.3) is 0 Å². The third-order valence-corrected chi connectivity index (χ3v) is 3.17. The number of H-pyrrole nitrogens is 1. The first-order chi connectivity index (χ1) is 8.74. The zero-order chi connectivity index (χ0) is 12.5. The fourth-order valence-corrected chi connectivity index (χ4v) is 2.28. The van der Waals surface area contributed by atoms with E-state index in [1.165, 1.54) is 0 Å². The molecular formula is C12H11N3O2S. The Morgan fingerprint density at radius 2 is 2.17 bits per heavy atom.